The predicted molar refractivity (Wildman–Crippen MR) is 59.8 cm³/mol. The molecule has 0 bridgehead atoms. The molecule has 0 saturated carbocycles. The largest absolute Gasteiger partial charge is 0.327 e. The molecule has 0 aliphatic rings. The van der Waals surface area contributed by atoms with Crippen LogP contribution in [0.1, 0.15) is 46.5 Å². The Morgan fingerprint density at radius 1 is 1.08 bits per heavy atom. The van der Waals surface area contributed by atoms with E-state index in [9.17, 15) is 0 Å². The van der Waals surface area contributed by atoms with Crippen molar-refractivity contribution in [3.8, 4) is 0 Å². The first-order valence-electron chi connectivity index (χ1n) is 5.70. The first kappa shape index (κ1) is 12.9. The first-order chi connectivity index (χ1) is 6.24. The van der Waals surface area contributed by atoms with E-state index in [1.165, 1.54) is 19.3 Å². The Hall–Kier alpha value is -0.0800. The van der Waals surface area contributed by atoms with Crippen molar-refractivity contribution in [1.82, 2.24) is 5.32 Å². The molecule has 0 saturated heterocycles. The van der Waals surface area contributed by atoms with Gasteiger partial charge in [-0.05, 0) is 18.9 Å². The van der Waals surface area contributed by atoms with Crippen molar-refractivity contribution >= 4 is 0 Å². The van der Waals surface area contributed by atoms with Gasteiger partial charge in [0.25, 0.3) is 0 Å². The molecule has 1 unspecified atom stereocenters. The number of hydrogen-bond acceptors (Lipinski definition) is 2. The zero-order valence-electron chi connectivity index (χ0n) is 9.47. The minimum atomic E-state index is 0.347. The van der Waals surface area contributed by atoms with Crippen LogP contribution in [0.5, 0.6) is 0 Å². The molecule has 1 atom stereocenters. The van der Waals surface area contributed by atoms with Gasteiger partial charge in [0, 0.05) is 12.6 Å². The highest BCUT2D eigenvalue weighted by molar-refractivity contribution is 4.66. The quantitative estimate of drug-likeness (QED) is 0.609. The minimum Gasteiger partial charge on any atom is -0.327 e. The molecule has 0 aliphatic carbocycles. The van der Waals surface area contributed by atoms with Gasteiger partial charge in [0.2, 0.25) is 0 Å². The topological polar surface area (TPSA) is 38.0 Å². The summed E-state index contributed by atoms with van der Waals surface area (Å²) < 4.78 is 0. The van der Waals surface area contributed by atoms with Crippen molar-refractivity contribution in [3.05, 3.63) is 0 Å². The fourth-order valence-electron chi connectivity index (χ4n) is 1.52. The van der Waals surface area contributed by atoms with Crippen LogP contribution in [0.15, 0.2) is 0 Å². The fourth-order valence-corrected chi connectivity index (χ4v) is 1.52. The van der Waals surface area contributed by atoms with E-state index in [4.69, 9.17) is 5.73 Å². The van der Waals surface area contributed by atoms with Gasteiger partial charge in [-0.25, -0.2) is 0 Å². The third-order valence-electron chi connectivity index (χ3n) is 2.65. The average Bonchev–Trinajstić information content (AvgIpc) is 2.13. The van der Waals surface area contributed by atoms with E-state index in [1.54, 1.807) is 0 Å². The molecule has 2 nitrogen and oxygen atoms in total. The maximum Gasteiger partial charge on any atom is 0.0165 e. The van der Waals surface area contributed by atoms with Crippen LogP contribution in [-0.4, -0.2) is 19.1 Å². The second-order valence-corrected chi connectivity index (χ2v) is 3.89. The third kappa shape index (κ3) is 7.03. The number of nitrogens with two attached hydrogens (primary N) is 1. The molecular weight excluding hydrogens is 160 g/mol. The molecule has 0 aromatic rings. The Kier molecular flexibility index (Phi) is 8.46. The standard InChI is InChI=1S/C11H26N2/c1-4-7-11(12)9-13-8-10(5-2)6-3/h10-11,13H,4-9,12H2,1-3H3. The number of nitrogens with one attached hydrogen (secondary N) is 1. The van der Waals surface area contributed by atoms with Crippen molar-refractivity contribution in [3.63, 3.8) is 0 Å². The van der Waals surface area contributed by atoms with Crippen LogP contribution < -0.4 is 11.1 Å². The molecule has 80 valence electrons. The van der Waals surface area contributed by atoms with Gasteiger partial charge in [-0.1, -0.05) is 40.0 Å². The SMILES string of the molecule is CCCC(N)CNCC(CC)CC. The van der Waals surface area contributed by atoms with Crippen LogP contribution in [-0.2, 0) is 0 Å². The molecule has 3 N–H and O–H groups in total. The number of rotatable bonds is 8. The Labute approximate surface area is 83.3 Å². The van der Waals surface area contributed by atoms with Crippen LogP contribution >= 0.6 is 0 Å². The van der Waals surface area contributed by atoms with E-state index >= 15 is 0 Å². The van der Waals surface area contributed by atoms with Crippen LogP contribution in [0.4, 0.5) is 0 Å². The second kappa shape index (κ2) is 8.52. The summed E-state index contributed by atoms with van der Waals surface area (Å²) in [5, 5.41) is 3.45. The molecule has 0 aromatic heterocycles. The summed E-state index contributed by atoms with van der Waals surface area (Å²) in [6, 6.07) is 0.347. The van der Waals surface area contributed by atoms with Crippen LogP contribution in [0.25, 0.3) is 0 Å². The van der Waals surface area contributed by atoms with E-state index in [-0.39, 0.29) is 0 Å². The van der Waals surface area contributed by atoms with Gasteiger partial charge in [-0.3, -0.25) is 0 Å². The molecular formula is C11H26N2. The molecule has 0 heterocycles. The zero-order chi connectivity index (χ0) is 10.1. The highest BCUT2D eigenvalue weighted by Crippen LogP contribution is 2.04. The summed E-state index contributed by atoms with van der Waals surface area (Å²) in [5.41, 5.74) is 5.89. The van der Waals surface area contributed by atoms with Gasteiger partial charge < -0.3 is 11.1 Å². The molecule has 13 heavy (non-hydrogen) atoms. The lowest BCUT2D eigenvalue weighted by Crippen LogP contribution is -2.35. The van der Waals surface area contributed by atoms with Gasteiger partial charge >= 0.3 is 0 Å². The highest BCUT2D eigenvalue weighted by Gasteiger charge is 2.04. The lowest BCUT2D eigenvalue weighted by Gasteiger charge is -2.16. The van der Waals surface area contributed by atoms with E-state index in [0.29, 0.717) is 6.04 Å². The van der Waals surface area contributed by atoms with Crippen LogP contribution in [0.3, 0.4) is 0 Å². The third-order valence-corrected chi connectivity index (χ3v) is 2.65. The van der Waals surface area contributed by atoms with Crippen LogP contribution in [0.2, 0.25) is 0 Å². The monoisotopic (exact) mass is 186 g/mol. The van der Waals surface area contributed by atoms with E-state index in [2.05, 4.69) is 26.1 Å². The van der Waals surface area contributed by atoms with Crippen molar-refractivity contribution < 1.29 is 0 Å². The summed E-state index contributed by atoms with van der Waals surface area (Å²) in [6.07, 6.45) is 4.86. The second-order valence-electron chi connectivity index (χ2n) is 3.89. The summed E-state index contributed by atoms with van der Waals surface area (Å²) >= 11 is 0. The summed E-state index contributed by atoms with van der Waals surface area (Å²) in [7, 11) is 0. The van der Waals surface area contributed by atoms with Gasteiger partial charge in [-0.2, -0.15) is 0 Å². The molecule has 0 radical (unpaired) electrons. The summed E-state index contributed by atoms with van der Waals surface area (Å²) in [5.74, 6) is 0.828. The lowest BCUT2D eigenvalue weighted by molar-refractivity contribution is 0.431. The van der Waals surface area contributed by atoms with E-state index in [0.717, 1.165) is 25.4 Å². The number of hydrogen-bond donors (Lipinski definition) is 2. The van der Waals surface area contributed by atoms with Gasteiger partial charge in [0.15, 0.2) is 0 Å². The highest BCUT2D eigenvalue weighted by atomic mass is 14.9. The average molecular weight is 186 g/mol. The van der Waals surface area contributed by atoms with Crippen molar-refractivity contribution in [2.75, 3.05) is 13.1 Å². The van der Waals surface area contributed by atoms with Gasteiger partial charge in [0.1, 0.15) is 0 Å². The smallest absolute Gasteiger partial charge is 0.0165 e. The molecule has 0 rings (SSSR count). The van der Waals surface area contributed by atoms with Crippen molar-refractivity contribution in [2.24, 2.45) is 11.7 Å². The maximum absolute atomic E-state index is 5.89. The van der Waals surface area contributed by atoms with E-state index in [1.807, 2.05) is 0 Å². The first-order valence-corrected chi connectivity index (χ1v) is 5.70. The fraction of sp³-hybridized carbons (Fsp3) is 1.00. The molecule has 0 aromatic carbocycles. The van der Waals surface area contributed by atoms with Crippen molar-refractivity contribution in [2.45, 2.75) is 52.5 Å². The Morgan fingerprint density at radius 2 is 1.69 bits per heavy atom. The lowest BCUT2D eigenvalue weighted by atomic mass is 10.0. The normalized spacial score (nSPS) is 13.6. The molecule has 0 fully saturated rings. The Bertz CT molecular complexity index is 100. The van der Waals surface area contributed by atoms with E-state index < -0.39 is 0 Å². The van der Waals surface area contributed by atoms with Crippen LogP contribution in [0, 0.1) is 5.92 Å². The molecule has 0 amide bonds. The Morgan fingerprint density at radius 3 is 2.15 bits per heavy atom. The predicted octanol–water partition coefficient (Wildman–Crippen LogP) is 2.14. The van der Waals surface area contributed by atoms with Gasteiger partial charge in [0.05, 0.1) is 0 Å². The summed E-state index contributed by atoms with van der Waals surface area (Å²) in [6.45, 7) is 8.79. The maximum atomic E-state index is 5.89. The molecule has 0 spiro atoms. The Balaban J connectivity index is 3.32. The van der Waals surface area contributed by atoms with Gasteiger partial charge in [-0.15, -0.1) is 0 Å². The van der Waals surface area contributed by atoms with Crippen molar-refractivity contribution in [1.29, 1.82) is 0 Å². The molecule has 0 aliphatic heterocycles. The molecule has 2 heteroatoms. The summed E-state index contributed by atoms with van der Waals surface area (Å²) in [4.78, 5) is 0. The minimum absolute atomic E-state index is 0.347. The zero-order valence-corrected chi connectivity index (χ0v) is 9.47.